The van der Waals surface area contributed by atoms with E-state index in [1.807, 2.05) is 13.8 Å². The SMILES string of the molecule is CC(C)N(C)S(=O)(=O)c1ccc(NC(=O)CSC2CCCCC2)cc1. The number of rotatable bonds is 7. The van der Waals surface area contributed by atoms with Crippen molar-refractivity contribution in [2.75, 3.05) is 18.1 Å². The second kappa shape index (κ2) is 9.05. The van der Waals surface area contributed by atoms with Gasteiger partial charge in [-0.15, -0.1) is 11.8 Å². The molecular formula is C18H28N2O3S2. The number of anilines is 1. The average molecular weight is 385 g/mol. The first-order valence-electron chi connectivity index (χ1n) is 8.80. The summed E-state index contributed by atoms with van der Waals surface area (Å²) in [5, 5.41) is 3.44. The van der Waals surface area contributed by atoms with E-state index < -0.39 is 10.0 Å². The van der Waals surface area contributed by atoms with Crippen molar-refractivity contribution in [1.29, 1.82) is 0 Å². The molecular weight excluding hydrogens is 356 g/mol. The molecule has 0 unspecified atom stereocenters. The molecule has 0 heterocycles. The summed E-state index contributed by atoms with van der Waals surface area (Å²) in [5.41, 5.74) is 0.625. The van der Waals surface area contributed by atoms with Gasteiger partial charge in [0.2, 0.25) is 15.9 Å². The molecule has 0 saturated heterocycles. The lowest BCUT2D eigenvalue weighted by Crippen LogP contribution is -2.33. The summed E-state index contributed by atoms with van der Waals surface area (Å²) in [5.74, 6) is 0.409. The van der Waals surface area contributed by atoms with Crippen molar-refractivity contribution in [2.45, 2.75) is 62.1 Å². The van der Waals surface area contributed by atoms with E-state index in [4.69, 9.17) is 0 Å². The molecule has 25 heavy (non-hydrogen) atoms. The number of thioether (sulfide) groups is 1. The van der Waals surface area contributed by atoms with Crippen LogP contribution in [0.2, 0.25) is 0 Å². The van der Waals surface area contributed by atoms with E-state index in [2.05, 4.69) is 5.32 Å². The monoisotopic (exact) mass is 384 g/mol. The van der Waals surface area contributed by atoms with Crippen molar-refractivity contribution >= 4 is 33.4 Å². The predicted octanol–water partition coefficient (Wildman–Crippen LogP) is 3.72. The van der Waals surface area contributed by atoms with Crippen LogP contribution in [-0.4, -0.2) is 42.7 Å². The lowest BCUT2D eigenvalue weighted by Gasteiger charge is -2.21. The van der Waals surface area contributed by atoms with E-state index in [0.717, 1.165) is 0 Å². The molecule has 140 valence electrons. The van der Waals surface area contributed by atoms with Gasteiger partial charge >= 0.3 is 0 Å². The Labute approximate surface area is 155 Å². The van der Waals surface area contributed by atoms with E-state index in [9.17, 15) is 13.2 Å². The highest BCUT2D eigenvalue weighted by Crippen LogP contribution is 2.28. The summed E-state index contributed by atoms with van der Waals surface area (Å²) >= 11 is 1.72. The van der Waals surface area contributed by atoms with Crippen LogP contribution in [0.5, 0.6) is 0 Å². The number of nitrogens with zero attached hydrogens (tertiary/aromatic N) is 1. The van der Waals surface area contributed by atoms with Gasteiger partial charge < -0.3 is 5.32 Å². The number of carbonyl (C=O) groups excluding carboxylic acids is 1. The maximum absolute atomic E-state index is 12.4. The van der Waals surface area contributed by atoms with E-state index in [1.54, 1.807) is 30.9 Å². The molecule has 7 heteroatoms. The van der Waals surface area contributed by atoms with E-state index in [1.165, 1.54) is 48.5 Å². The molecule has 1 amide bonds. The molecule has 1 aromatic carbocycles. The molecule has 0 radical (unpaired) electrons. The van der Waals surface area contributed by atoms with Crippen LogP contribution in [-0.2, 0) is 14.8 Å². The second-order valence-electron chi connectivity index (χ2n) is 6.76. The van der Waals surface area contributed by atoms with E-state index in [-0.39, 0.29) is 16.8 Å². The molecule has 5 nitrogen and oxygen atoms in total. The molecule has 1 aliphatic rings. The first-order valence-corrected chi connectivity index (χ1v) is 11.3. The summed E-state index contributed by atoms with van der Waals surface area (Å²) in [7, 11) is -1.92. The molecule has 0 aliphatic heterocycles. The van der Waals surface area contributed by atoms with Gasteiger partial charge in [-0.3, -0.25) is 4.79 Å². The van der Waals surface area contributed by atoms with Crippen LogP contribution < -0.4 is 5.32 Å². The standard InChI is InChI=1S/C18H28N2O3S2/c1-14(2)20(3)25(22,23)17-11-9-15(10-12-17)19-18(21)13-24-16-7-5-4-6-8-16/h9-12,14,16H,4-8,13H2,1-3H3,(H,19,21). The van der Waals surface area contributed by atoms with Gasteiger partial charge in [-0.1, -0.05) is 19.3 Å². The van der Waals surface area contributed by atoms with Crippen LogP contribution in [0.25, 0.3) is 0 Å². The smallest absolute Gasteiger partial charge is 0.243 e. The zero-order valence-corrected chi connectivity index (χ0v) is 16.8. The molecule has 1 aliphatic carbocycles. The third-order valence-corrected chi connectivity index (χ3v) is 7.96. The fourth-order valence-electron chi connectivity index (χ4n) is 2.78. The van der Waals surface area contributed by atoms with Crippen molar-refractivity contribution in [2.24, 2.45) is 0 Å². The summed E-state index contributed by atoms with van der Waals surface area (Å²) < 4.78 is 26.2. The maximum atomic E-state index is 12.4. The minimum Gasteiger partial charge on any atom is -0.325 e. The predicted molar refractivity (Wildman–Crippen MR) is 104 cm³/mol. The van der Waals surface area contributed by atoms with Crippen LogP contribution in [0.1, 0.15) is 46.0 Å². The average Bonchev–Trinajstić information content (AvgIpc) is 2.60. The third-order valence-electron chi connectivity index (χ3n) is 4.54. The molecule has 1 N–H and O–H groups in total. The minimum absolute atomic E-state index is 0.0366. The molecule has 2 rings (SSSR count). The van der Waals surface area contributed by atoms with Gasteiger partial charge in [0.05, 0.1) is 10.6 Å². The van der Waals surface area contributed by atoms with Crippen LogP contribution in [0, 0.1) is 0 Å². The normalized spacial score (nSPS) is 16.4. The first kappa shape index (κ1) is 20.3. The van der Waals surface area contributed by atoms with Crippen LogP contribution in [0.3, 0.4) is 0 Å². The van der Waals surface area contributed by atoms with Gasteiger partial charge in [-0.05, 0) is 51.0 Å². The zero-order chi connectivity index (χ0) is 18.4. The highest BCUT2D eigenvalue weighted by Gasteiger charge is 2.23. The van der Waals surface area contributed by atoms with Crippen LogP contribution in [0.15, 0.2) is 29.2 Å². The van der Waals surface area contributed by atoms with Gasteiger partial charge in [-0.25, -0.2) is 8.42 Å². The third kappa shape index (κ3) is 5.72. The van der Waals surface area contributed by atoms with Crippen LogP contribution in [0.4, 0.5) is 5.69 Å². The Morgan fingerprint density at radius 2 is 1.80 bits per heavy atom. The van der Waals surface area contributed by atoms with Crippen molar-refractivity contribution in [3.05, 3.63) is 24.3 Å². The number of hydrogen-bond acceptors (Lipinski definition) is 4. The van der Waals surface area contributed by atoms with E-state index >= 15 is 0 Å². The lowest BCUT2D eigenvalue weighted by molar-refractivity contribution is -0.113. The van der Waals surface area contributed by atoms with Crippen molar-refractivity contribution < 1.29 is 13.2 Å². The Hall–Kier alpha value is -1.05. The van der Waals surface area contributed by atoms with Crippen molar-refractivity contribution in [3.8, 4) is 0 Å². The maximum Gasteiger partial charge on any atom is 0.243 e. The highest BCUT2D eigenvalue weighted by atomic mass is 32.2. The topological polar surface area (TPSA) is 66.5 Å². The summed E-state index contributed by atoms with van der Waals surface area (Å²) in [6, 6.07) is 6.26. The molecule has 0 spiro atoms. The lowest BCUT2D eigenvalue weighted by atomic mass is 10.0. The number of sulfonamides is 1. The Balaban J connectivity index is 1.90. The molecule has 1 saturated carbocycles. The molecule has 1 fully saturated rings. The molecule has 0 bridgehead atoms. The Kier molecular flexibility index (Phi) is 7.34. The van der Waals surface area contributed by atoms with Crippen LogP contribution >= 0.6 is 11.8 Å². The second-order valence-corrected chi connectivity index (χ2v) is 10.0. The molecule has 1 aromatic rings. The van der Waals surface area contributed by atoms with Gasteiger partial charge in [0.1, 0.15) is 0 Å². The van der Waals surface area contributed by atoms with E-state index in [0.29, 0.717) is 16.7 Å². The van der Waals surface area contributed by atoms with Gasteiger partial charge in [0.25, 0.3) is 0 Å². The molecule has 0 aromatic heterocycles. The number of benzene rings is 1. The highest BCUT2D eigenvalue weighted by molar-refractivity contribution is 8.00. The van der Waals surface area contributed by atoms with Gasteiger partial charge in [0, 0.05) is 24.0 Å². The summed E-state index contributed by atoms with van der Waals surface area (Å²) in [4.78, 5) is 12.3. The number of carbonyl (C=O) groups is 1. The zero-order valence-electron chi connectivity index (χ0n) is 15.2. The number of amides is 1. The fourth-order valence-corrected chi connectivity index (χ4v) is 5.27. The number of nitrogens with one attached hydrogen (secondary N) is 1. The Morgan fingerprint density at radius 1 is 1.20 bits per heavy atom. The fraction of sp³-hybridized carbons (Fsp3) is 0.611. The summed E-state index contributed by atoms with van der Waals surface area (Å²) in [6.07, 6.45) is 6.24. The van der Waals surface area contributed by atoms with Gasteiger partial charge in [0.15, 0.2) is 0 Å². The Morgan fingerprint density at radius 3 is 2.36 bits per heavy atom. The van der Waals surface area contributed by atoms with Crippen molar-refractivity contribution in [3.63, 3.8) is 0 Å². The minimum atomic E-state index is -3.49. The quantitative estimate of drug-likeness (QED) is 0.778. The number of hydrogen-bond donors (Lipinski definition) is 1. The molecule has 0 atom stereocenters. The summed E-state index contributed by atoms with van der Waals surface area (Å²) in [6.45, 7) is 3.66. The Bertz CT molecular complexity index is 666. The van der Waals surface area contributed by atoms with Gasteiger partial charge in [-0.2, -0.15) is 4.31 Å². The first-order chi connectivity index (χ1) is 11.8. The largest absolute Gasteiger partial charge is 0.325 e. The van der Waals surface area contributed by atoms with Crippen molar-refractivity contribution in [1.82, 2.24) is 4.31 Å².